The van der Waals surface area contributed by atoms with Crippen molar-refractivity contribution in [3.05, 3.63) is 52.4 Å². The van der Waals surface area contributed by atoms with Gasteiger partial charge in [-0.25, -0.2) is 9.97 Å². The molecule has 1 aromatic heterocycles. The number of hydrogen-bond acceptors (Lipinski definition) is 4. The Balaban J connectivity index is 1.81. The number of benzene rings is 1. The second-order valence-electron chi connectivity index (χ2n) is 4.73. The van der Waals surface area contributed by atoms with E-state index in [-0.39, 0.29) is 17.8 Å². The molecule has 1 aliphatic rings. The molecule has 1 aliphatic carbocycles. The van der Waals surface area contributed by atoms with E-state index in [4.69, 9.17) is 17.3 Å². The number of carbonyl (C=O) groups excluding carboxylic acids is 1. The summed E-state index contributed by atoms with van der Waals surface area (Å²) in [7, 11) is 0. The number of rotatable bonds is 2. The molecule has 0 saturated heterocycles. The molecule has 5 nitrogen and oxygen atoms in total. The van der Waals surface area contributed by atoms with Gasteiger partial charge in [0, 0.05) is 11.2 Å². The predicted octanol–water partition coefficient (Wildman–Crippen LogP) is 2.13. The van der Waals surface area contributed by atoms with Crippen LogP contribution in [0, 0.1) is 0 Å². The number of aryl methyl sites for hydroxylation is 1. The van der Waals surface area contributed by atoms with Crippen molar-refractivity contribution in [2.75, 3.05) is 5.73 Å². The zero-order valence-electron chi connectivity index (χ0n) is 10.6. The smallest absolute Gasteiger partial charge is 0.257 e. The molecule has 0 fully saturated rings. The zero-order valence-corrected chi connectivity index (χ0v) is 11.4. The van der Waals surface area contributed by atoms with Crippen molar-refractivity contribution in [2.24, 2.45) is 0 Å². The highest BCUT2D eigenvalue weighted by Crippen LogP contribution is 2.33. The fourth-order valence-corrected chi connectivity index (χ4v) is 2.68. The van der Waals surface area contributed by atoms with Crippen LogP contribution in [0.15, 0.2) is 30.7 Å². The van der Waals surface area contributed by atoms with Crippen molar-refractivity contribution >= 4 is 23.3 Å². The highest BCUT2D eigenvalue weighted by Gasteiger charge is 2.25. The summed E-state index contributed by atoms with van der Waals surface area (Å²) < 4.78 is 0. The number of nitrogens with zero attached hydrogens (tertiary/aromatic N) is 2. The van der Waals surface area contributed by atoms with E-state index in [2.05, 4.69) is 15.3 Å². The van der Waals surface area contributed by atoms with E-state index in [0.29, 0.717) is 5.56 Å². The van der Waals surface area contributed by atoms with Crippen LogP contribution >= 0.6 is 11.6 Å². The molecule has 20 heavy (non-hydrogen) atoms. The molecule has 2 aromatic rings. The van der Waals surface area contributed by atoms with E-state index in [1.807, 2.05) is 18.2 Å². The number of nitrogen functional groups attached to an aromatic ring is 1. The highest BCUT2D eigenvalue weighted by molar-refractivity contribution is 6.30. The minimum absolute atomic E-state index is 0.0191. The van der Waals surface area contributed by atoms with Crippen LogP contribution in [0.25, 0.3) is 0 Å². The third kappa shape index (κ3) is 2.32. The molecule has 0 saturated carbocycles. The molecule has 1 heterocycles. The SMILES string of the molecule is Nc1ncncc1C(=O)N[C@@H]1CCc2cc(Cl)ccc21. The van der Waals surface area contributed by atoms with Crippen LogP contribution in [0.4, 0.5) is 5.82 Å². The van der Waals surface area contributed by atoms with Gasteiger partial charge >= 0.3 is 0 Å². The second-order valence-corrected chi connectivity index (χ2v) is 5.17. The van der Waals surface area contributed by atoms with Gasteiger partial charge in [0.2, 0.25) is 0 Å². The third-order valence-electron chi connectivity index (χ3n) is 3.48. The molecule has 3 rings (SSSR count). The van der Waals surface area contributed by atoms with E-state index in [0.717, 1.165) is 23.4 Å². The van der Waals surface area contributed by atoms with Gasteiger partial charge in [0.05, 0.1) is 11.6 Å². The first-order chi connectivity index (χ1) is 9.65. The van der Waals surface area contributed by atoms with Gasteiger partial charge in [0.15, 0.2) is 0 Å². The minimum Gasteiger partial charge on any atom is -0.383 e. The van der Waals surface area contributed by atoms with Gasteiger partial charge in [-0.05, 0) is 36.1 Å². The molecule has 0 radical (unpaired) electrons. The average molecular weight is 289 g/mol. The first-order valence-electron chi connectivity index (χ1n) is 6.30. The van der Waals surface area contributed by atoms with Crippen molar-refractivity contribution in [1.82, 2.24) is 15.3 Å². The van der Waals surface area contributed by atoms with E-state index in [9.17, 15) is 4.79 Å². The molecule has 0 bridgehead atoms. The summed E-state index contributed by atoms with van der Waals surface area (Å²) in [6.45, 7) is 0. The van der Waals surface area contributed by atoms with Crippen LogP contribution in [0.5, 0.6) is 0 Å². The number of anilines is 1. The molecule has 0 aliphatic heterocycles. The standard InChI is InChI=1S/C14H13ClN4O/c15-9-2-3-10-8(5-9)1-4-12(10)19-14(20)11-6-17-7-18-13(11)16/h2-3,5-7,12H,1,4H2,(H,19,20)(H2,16,17,18)/t12-/m1/s1. The molecule has 1 aromatic carbocycles. The summed E-state index contributed by atoms with van der Waals surface area (Å²) in [6.07, 6.45) is 4.50. The summed E-state index contributed by atoms with van der Waals surface area (Å²) in [5.41, 5.74) is 8.27. The predicted molar refractivity (Wildman–Crippen MR) is 76.4 cm³/mol. The van der Waals surface area contributed by atoms with Crippen molar-refractivity contribution in [3.63, 3.8) is 0 Å². The maximum Gasteiger partial charge on any atom is 0.257 e. The van der Waals surface area contributed by atoms with Gasteiger partial charge in [-0.2, -0.15) is 0 Å². The van der Waals surface area contributed by atoms with Crippen molar-refractivity contribution in [2.45, 2.75) is 18.9 Å². The van der Waals surface area contributed by atoms with Crippen LogP contribution < -0.4 is 11.1 Å². The maximum absolute atomic E-state index is 12.2. The van der Waals surface area contributed by atoms with Gasteiger partial charge < -0.3 is 11.1 Å². The fourth-order valence-electron chi connectivity index (χ4n) is 2.49. The Kier molecular flexibility index (Phi) is 3.28. The number of nitrogens with one attached hydrogen (secondary N) is 1. The molecule has 6 heteroatoms. The molecular formula is C14H13ClN4O. The van der Waals surface area contributed by atoms with Gasteiger partial charge in [-0.1, -0.05) is 17.7 Å². The number of fused-ring (bicyclic) bond motifs is 1. The zero-order chi connectivity index (χ0) is 14.1. The van der Waals surface area contributed by atoms with Gasteiger partial charge in [0.1, 0.15) is 12.1 Å². The number of nitrogens with two attached hydrogens (primary N) is 1. The van der Waals surface area contributed by atoms with E-state index in [1.54, 1.807) is 0 Å². The summed E-state index contributed by atoms with van der Waals surface area (Å²) in [5, 5.41) is 3.69. The quantitative estimate of drug-likeness (QED) is 0.887. The summed E-state index contributed by atoms with van der Waals surface area (Å²) in [4.78, 5) is 19.8. The van der Waals surface area contributed by atoms with Crippen LogP contribution in [0.2, 0.25) is 5.02 Å². The van der Waals surface area contributed by atoms with Gasteiger partial charge in [-0.15, -0.1) is 0 Å². The molecule has 0 spiro atoms. The molecule has 102 valence electrons. The first kappa shape index (κ1) is 12.9. The van der Waals surface area contributed by atoms with Crippen LogP contribution in [0.3, 0.4) is 0 Å². The van der Waals surface area contributed by atoms with Crippen molar-refractivity contribution in [3.8, 4) is 0 Å². The van der Waals surface area contributed by atoms with E-state index >= 15 is 0 Å². The minimum atomic E-state index is -0.254. The lowest BCUT2D eigenvalue weighted by Gasteiger charge is -2.14. The lowest BCUT2D eigenvalue weighted by atomic mass is 10.1. The Morgan fingerprint density at radius 3 is 3.10 bits per heavy atom. The number of halogens is 1. The average Bonchev–Trinajstić information content (AvgIpc) is 2.81. The van der Waals surface area contributed by atoms with E-state index < -0.39 is 0 Å². The Morgan fingerprint density at radius 1 is 1.45 bits per heavy atom. The third-order valence-corrected chi connectivity index (χ3v) is 3.71. The Labute approximate surface area is 121 Å². The van der Waals surface area contributed by atoms with Crippen molar-refractivity contribution < 1.29 is 4.79 Å². The molecular weight excluding hydrogens is 276 g/mol. The lowest BCUT2D eigenvalue weighted by Crippen LogP contribution is -2.28. The Morgan fingerprint density at radius 2 is 2.30 bits per heavy atom. The highest BCUT2D eigenvalue weighted by atomic mass is 35.5. The molecule has 3 N–H and O–H groups in total. The maximum atomic E-state index is 12.2. The summed E-state index contributed by atoms with van der Waals surface area (Å²) >= 11 is 5.97. The van der Waals surface area contributed by atoms with Crippen molar-refractivity contribution in [1.29, 1.82) is 0 Å². The fraction of sp³-hybridized carbons (Fsp3) is 0.214. The summed E-state index contributed by atoms with van der Waals surface area (Å²) in [5.74, 6) is -0.0669. The second kappa shape index (κ2) is 5.09. The monoisotopic (exact) mass is 288 g/mol. The van der Waals surface area contributed by atoms with Crippen LogP contribution in [0.1, 0.15) is 33.9 Å². The number of aromatic nitrogens is 2. The topological polar surface area (TPSA) is 80.9 Å². The van der Waals surface area contributed by atoms with Crippen LogP contribution in [-0.2, 0) is 6.42 Å². The molecule has 1 atom stereocenters. The lowest BCUT2D eigenvalue weighted by molar-refractivity contribution is 0.0937. The van der Waals surface area contributed by atoms with E-state index in [1.165, 1.54) is 18.1 Å². The van der Waals surface area contributed by atoms with Gasteiger partial charge in [-0.3, -0.25) is 4.79 Å². The summed E-state index contributed by atoms with van der Waals surface area (Å²) in [6, 6.07) is 5.73. The van der Waals surface area contributed by atoms with Crippen LogP contribution in [-0.4, -0.2) is 15.9 Å². The largest absolute Gasteiger partial charge is 0.383 e. The van der Waals surface area contributed by atoms with Gasteiger partial charge in [0.25, 0.3) is 5.91 Å². The first-order valence-corrected chi connectivity index (χ1v) is 6.67. The normalized spacial score (nSPS) is 16.8. The number of carbonyl (C=O) groups is 1. The Hall–Kier alpha value is -2.14. The Bertz CT molecular complexity index is 674. The molecule has 1 amide bonds. The number of amides is 1. The number of hydrogen-bond donors (Lipinski definition) is 2. The molecule has 0 unspecified atom stereocenters.